The van der Waals surface area contributed by atoms with Crippen LogP contribution in [0.5, 0.6) is 0 Å². The topological polar surface area (TPSA) is 55.1 Å². The highest BCUT2D eigenvalue weighted by molar-refractivity contribution is 7.81. The van der Waals surface area contributed by atoms with Gasteiger partial charge < -0.3 is 0 Å². The van der Waals surface area contributed by atoms with E-state index in [1.165, 1.54) is 5.56 Å². The Hall–Kier alpha value is -1.00. The maximum Gasteiger partial charge on any atom is 0.251 e. The Morgan fingerprint density at radius 1 is 1.27 bits per heavy atom. The van der Waals surface area contributed by atoms with Gasteiger partial charge in [-0.25, -0.2) is 5.84 Å². The van der Waals surface area contributed by atoms with Gasteiger partial charge in [0.25, 0.3) is 5.91 Å². The minimum atomic E-state index is -0.504. The van der Waals surface area contributed by atoms with E-state index in [4.69, 9.17) is 5.84 Å². The average Bonchev–Trinajstić information content (AvgIpc) is 2.27. The van der Waals surface area contributed by atoms with E-state index in [0.29, 0.717) is 5.92 Å². The van der Waals surface area contributed by atoms with Gasteiger partial charge in [0.2, 0.25) is 0 Å². The van der Waals surface area contributed by atoms with E-state index in [-0.39, 0.29) is 5.91 Å². The van der Waals surface area contributed by atoms with Crippen molar-refractivity contribution in [3.8, 4) is 0 Å². The van der Waals surface area contributed by atoms with Crippen molar-refractivity contribution in [3.05, 3.63) is 35.4 Å². The number of nitrogens with one attached hydrogen (secondary N) is 1. The van der Waals surface area contributed by atoms with Crippen LogP contribution in [-0.4, -0.2) is 5.91 Å². The Morgan fingerprint density at radius 3 is 2.13 bits per heavy atom. The molecular formula is C11H16N2OS. The number of amides is 1. The maximum atomic E-state index is 11.2. The van der Waals surface area contributed by atoms with Crippen LogP contribution in [0, 0.1) is 0 Å². The fourth-order valence-electron chi connectivity index (χ4n) is 1.29. The predicted octanol–water partition coefficient (Wildman–Crippen LogP) is 1.77. The maximum absolute atomic E-state index is 11.2. The van der Waals surface area contributed by atoms with Gasteiger partial charge in [-0.3, -0.25) is 10.2 Å². The monoisotopic (exact) mass is 224 g/mol. The van der Waals surface area contributed by atoms with Crippen molar-refractivity contribution >= 4 is 18.5 Å². The molecule has 0 aliphatic carbocycles. The molecule has 3 N–H and O–H groups in total. The zero-order chi connectivity index (χ0) is 11.4. The third-order valence-corrected chi connectivity index (χ3v) is 2.84. The normalized spacial score (nSPS) is 12.6. The Kier molecular flexibility index (Phi) is 4.17. The van der Waals surface area contributed by atoms with E-state index >= 15 is 0 Å². The van der Waals surface area contributed by atoms with Crippen molar-refractivity contribution in [2.45, 2.75) is 25.0 Å². The fourth-order valence-corrected chi connectivity index (χ4v) is 1.54. The number of hydrogen-bond acceptors (Lipinski definition) is 3. The Labute approximate surface area is 95.4 Å². The van der Waals surface area contributed by atoms with E-state index in [9.17, 15) is 4.79 Å². The van der Waals surface area contributed by atoms with Crippen LogP contribution >= 0.6 is 12.6 Å². The highest BCUT2D eigenvalue weighted by Crippen LogP contribution is 2.22. The Balaban J connectivity index is 2.84. The van der Waals surface area contributed by atoms with Gasteiger partial charge in [0, 0.05) is 0 Å². The molecule has 1 rings (SSSR count). The molecule has 4 heteroatoms. The molecule has 1 aromatic carbocycles. The first kappa shape index (κ1) is 12.1. The molecule has 0 aliphatic heterocycles. The number of carbonyl (C=O) groups is 1. The van der Waals surface area contributed by atoms with Crippen molar-refractivity contribution in [2.24, 2.45) is 5.84 Å². The second kappa shape index (κ2) is 5.19. The van der Waals surface area contributed by atoms with Gasteiger partial charge in [0.05, 0.1) is 0 Å². The molecule has 0 aliphatic rings. The van der Waals surface area contributed by atoms with Gasteiger partial charge in [-0.05, 0) is 17.0 Å². The van der Waals surface area contributed by atoms with E-state index in [0.717, 1.165) is 5.56 Å². The number of hydrazine groups is 1. The summed E-state index contributed by atoms with van der Waals surface area (Å²) in [5, 5.41) is -0.504. The molecule has 0 saturated heterocycles. The minimum Gasteiger partial charge on any atom is -0.293 e. The van der Waals surface area contributed by atoms with E-state index in [2.05, 4.69) is 31.9 Å². The summed E-state index contributed by atoms with van der Waals surface area (Å²) in [4.78, 5) is 11.2. The highest BCUT2D eigenvalue weighted by Gasteiger charge is 2.14. The molecule has 1 unspecified atom stereocenters. The fraction of sp³-hybridized carbons (Fsp3) is 0.364. The number of carbonyl (C=O) groups excluding carboxylic acids is 1. The molecule has 0 aromatic heterocycles. The van der Waals surface area contributed by atoms with Gasteiger partial charge in [-0.2, -0.15) is 12.6 Å². The van der Waals surface area contributed by atoms with Crippen LogP contribution in [0.25, 0.3) is 0 Å². The number of hydrogen-bond donors (Lipinski definition) is 3. The standard InChI is InChI=1S/C11H16N2OS/c1-7(2)8-3-5-9(6-4-8)10(15)11(14)13-12/h3-7,10,15H,12H2,1-2H3,(H,13,14). The van der Waals surface area contributed by atoms with Crippen molar-refractivity contribution < 1.29 is 4.79 Å². The number of nitrogens with two attached hydrogens (primary N) is 1. The van der Waals surface area contributed by atoms with Crippen molar-refractivity contribution in [1.29, 1.82) is 0 Å². The summed E-state index contributed by atoms with van der Waals surface area (Å²) in [7, 11) is 0. The Morgan fingerprint density at radius 2 is 1.73 bits per heavy atom. The van der Waals surface area contributed by atoms with Crippen molar-refractivity contribution in [1.82, 2.24) is 5.43 Å². The van der Waals surface area contributed by atoms with Crippen LogP contribution in [0.3, 0.4) is 0 Å². The van der Waals surface area contributed by atoms with Crippen LogP contribution in [0.4, 0.5) is 0 Å². The summed E-state index contributed by atoms with van der Waals surface area (Å²) in [5.74, 6) is 5.23. The third kappa shape index (κ3) is 2.97. The third-order valence-electron chi connectivity index (χ3n) is 2.31. The van der Waals surface area contributed by atoms with Crippen LogP contribution in [0.2, 0.25) is 0 Å². The Bertz CT molecular complexity index is 335. The van der Waals surface area contributed by atoms with Crippen LogP contribution in [-0.2, 0) is 4.79 Å². The lowest BCUT2D eigenvalue weighted by atomic mass is 10.0. The van der Waals surface area contributed by atoms with Crippen LogP contribution in [0.1, 0.15) is 36.1 Å². The van der Waals surface area contributed by atoms with Gasteiger partial charge in [-0.15, -0.1) is 0 Å². The summed E-state index contributed by atoms with van der Waals surface area (Å²) < 4.78 is 0. The summed E-state index contributed by atoms with van der Waals surface area (Å²) in [6.45, 7) is 4.25. The van der Waals surface area contributed by atoms with Gasteiger partial charge in [0.15, 0.2) is 0 Å². The second-order valence-corrected chi connectivity index (χ2v) is 4.25. The highest BCUT2D eigenvalue weighted by atomic mass is 32.1. The second-order valence-electron chi connectivity index (χ2n) is 3.73. The molecule has 1 atom stereocenters. The quantitative estimate of drug-likeness (QED) is 0.317. The predicted molar refractivity (Wildman–Crippen MR) is 64.6 cm³/mol. The van der Waals surface area contributed by atoms with Crippen LogP contribution in [0.15, 0.2) is 24.3 Å². The van der Waals surface area contributed by atoms with E-state index < -0.39 is 5.25 Å². The largest absolute Gasteiger partial charge is 0.293 e. The number of thiol groups is 1. The summed E-state index contributed by atoms with van der Waals surface area (Å²) >= 11 is 4.19. The molecule has 1 amide bonds. The van der Waals surface area contributed by atoms with Gasteiger partial charge in [0.1, 0.15) is 5.25 Å². The first-order chi connectivity index (χ1) is 7.06. The average molecular weight is 224 g/mol. The summed E-state index contributed by atoms with van der Waals surface area (Å²) in [6.07, 6.45) is 0. The molecule has 0 radical (unpaired) electrons. The van der Waals surface area contributed by atoms with Gasteiger partial charge in [-0.1, -0.05) is 38.1 Å². The van der Waals surface area contributed by atoms with Crippen molar-refractivity contribution in [2.75, 3.05) is 0 Å². The van der Waals surface area contributed by atoms with Crippen molar-refractivity contribution in [3.63, 3.8) is 0 Å². The van der Waals surface area contributed by atoms with E-state index in [1.807, 2.05) is 24.3 Å². The molecule has 0 saturated carbocycles. The lowest BCUT2D eigenvalue weighted by Gasteiger charge is -2.11. The SMILES string of the molecule is CC(C)c1ccc(C(S)C(=O)NN)cc1. The minimum absolute atomic E-state index is 0.296. The number of benzene rings is 1. The smallest absolute Gasteiger partial charge is 0.251 e. The molecule has 3 nitrogen and oxygen atoms in total. The molecule has 1 aromatic rings. The molecule has 0 bridgehead atoms. The van der Waals surface area contributed by atoms with Gasteiger partial charge >= 0.3 is 0 Å². The summed E-state index contributed by atoms with van der Waals surface area (Å²) in [6, 6.07) is 7.82. The zero-order valence-electron chi connectivity index (χ0n) is 8.90. The molecule has 82 valence electrons. The lowest BCUT2D eigenvalue weighted by molar-refractivity contribution is -0.120. The molecule has 0 heterocycles. The molecule has 0 fully saturated rings. The summed E-state index contributed by atoms with van der Waals surface area (Å²) in [5.41, 5.74) is 4.18. The van der Waals surface area contributed by atoms with E-state index in [1.54, 1.807) is 0 Å². The van der Waals surface area contributed by atoms with Crippen LogP contribution < -0.4 is 11.3 Å². The lowest BCUT2D eigenvalue weighted by Crippen LogP contribution is -2.32. The first-order valence-corrected chi connectivity index (χ1v) is 5.36. The molecule has 0 spiro atoms. The number of rotatable bonds is 3. The molecular weight excluding hydrogens is 208 g/mol. The zero-order valence-corrected chi connectivity index (χ0v) is 9.79. The first-order valence-electron chi connectivity index (χ1n) is 4.84. The molecule has 15 heavy (non-hydrogen) atoms.